The molecule has 1 aromatic carbocycles. The Morgan fingerprint density at radius 2 is 1.95 bits per heavy atom. The molecule has 0 unspecified atom stereocenters. The first-order valence-corrected chi connectivity index (χ1v) is 9.05. The molecule has 1 aromatic heterocycles. The van der Waals surface area contributed by atoms with E-state index in [9.17, 15) is 4.79 Å². The van der Waals surface area contributed by atoms with Crippen LogP contribution >= 0.6 is 27.3 Å². The molecule has 1 aliphatic rings. The highest BCUT2D eigenvalue weighted by Crippen LogP contribution is 2.23. The number of benzene rings is 1. The van der Waals surface area contributed by atoms with Crippen molar-refractivity contribution in [1.29, 1.82) is 0 Å². The van der Waals surface area contributed by atoms with Gasteiger partial charge >= 0.3 is 0 Å². The summed E-state index contributed by atoms with van der Waals surface area (Å²) in [6, 6.07) is 12.1. The monoisotopic (exact) mass is 378 g/mol. The fourth-order valence-corrected chi connectivity index (χ4v) is 4.25. The van der Waals surface area contributed by atoms with Crippen LogP contribution in [-0.2, 0) is 6.54 Å². The molecule has 0 radical (unpaired) electrons. The van der Waals surface area contributed by atoms with Gasteiger partial charge in [-0.2, -0.15) is 0 Å². The predicted octanol–water partition coefficient (Wildman–Crippen LogP) is 3.78. The summed E-state index contributed by atoms with van der Waals surface area (Å²) in [4.78, 5) is 18.3. The molecule has 3 rings (SSSR count). The van der Waals surface area contributed by atoms with Gasteiger partial charge in [0.1, 0.15) is 0 Å². The second kappa shape index (κ2) is 6.94. The zero-order chi connectivity index (χ0) is 15.5. The average molecular weight is 379 g/mol. The van der Waals surface area contributed by atoms with E-state index in [2.05, 4.69) is 33.0 Å². The van der Waals surface area contributed by atoms with E-state index in [0.29, 0.717) is 0 Å². The maximum absolute atomic E-state index is 12.5. The largest absolute Gasteiger partial charge is 0.336 e. The Bertz CT molecular complexity index is 662. The van der Waals surface area contributed by atoms with Crippen molar-refractivity contribution in [3.63, 3.8) is 0 Å². The summed E-state index contributed by atoms with van der Waals surface area (Å²) >= 11 is 5.29. The number of carbonyl (C=O) groups is 1. The molecule has 5 heteroatoms. The van der Waals surface area contributed by atoms with Crippen LogP contribution in [0, 0.1) is 6.92 Å². The van der Waals surface area contributed by atoms with Crippen LogP contribution in [0.25, 0.3) is 0 Å². The number of thiophene rings is 1. The fraction of sp³-hybridized carbons (Fsp3) is 0.353. The van der Waals surface area contributed by atoms with Crippen molar-refractivity contribution in [2.24, 2.45) is 0 Å². The van der Waals surface area contributed by atoms with Gasteiger partial charge in [0, 0.05) is 43.2 Å². The zero-order valence-corrected chi connectivity index (χ0v) is 15.0. The number of nitrogens with zero attached hydrogens (tertiary/aromatic N) is 2. The van der Waals surface area contributed by atoms with Gasteiger partial charge in [0.25, 0.3) is 5.91 Å². The van der Waals surface area contributed by atoms with Gasteiger partial charge in [0.2, 0.25) is 0 Å². The van der Waals surface area contributed by atoms with E-state index in [1.54, 1.807) is 11.3 Å². The molecule has 1 saturated heterocycles. The van der Waals surface area contributed by atoms with Gasteiger partial charge in [0.15, 0.2) is 0 Å². The third-order valence-corrected chi connectivity index (χ3v) is 5.54. The van der Waals surface area contributed by atoms with E-state index >= 15 is 0 Å². The molecule has 0 bridgehead atoms. The van der Waals surface area contributed by atoms with Gasteiger partial charge in [-0.3, -0.25) is 9.69 Å². The molecule has 22 heavy (non-hydrogen) atoms. The Labute approximate surface area is 143 Å². The highest BCUT2D eigenvalue weighted by Gasteiger charge is 2.22. The lowest BCUT2D eigenvalue weighted by Gasteiger charge is -2.34. The SMILES string of the molecule is Cc1cccc(C(=O)N2CCN(Cc3ccc(Br)s3)CC2)c1. The third kappa shape index (κ3) is 3.77. The number of halogens is 1. The maximum atomic E-state index is 12.5. The van der Waals surface area contributed by atoms with Crippen molar-refractivity contribution in [1.82, 2.24) is 9.80 Å². The Hall–Kier alpha value is -1.17. The standard InChI is InChI=1S/C17H19BrN2OS/c1-13-3-2-4-14(11-13)17(21)20-9-7-19(8-10-20)12-15-5-6-16(18)22-15/h2-6,11H,7-10,12H2,1H3. The molecule has 116 valence electrons. The number of amides is 1. The molecule has 0 aliphatic carbocycles. The molecule has 0 saturated carbocycles. The van der Waals surface area contributed by atoms with Crippen LogP contribution in [0.5, 0.6) is 0 Å². The average Bonchev–Trinajstić information content (AvgIpc) is 2.92. The van der Waals surface area contributed by atoms with E-state index in [-0.39, 0.29) is 5.91 Å². The number of piperazine rings is 1. The lowest BCUT2D eigenvalue weighted by Crippen LogP contribution is -2.48. The van der Waals surface area contributed by atoms with Crippen LogP contribution < -0.4 is 0 Å². The zero-order valence-electron chi connectivity index (χ0n) is 12.6. The summed E-state index contributed by atoms with van der Waals surface area (Å²) in [5.74, 6) is 0.155. The van der Waals surface area contributed by atoms with Gasteiger partial charge in [-0.15, -0.1) is 11.3 Å². The molecule has 1 amide bonds. The molecule has 2 aromatic rings. The minimum absolute atomic E-state index is 0.155. The first-order valence-electron chi connectivity index (χ1n) is 7.44. The van der Waals surface area contributed by atoms with Crippen molar-refractivity contribution in [2.75, 3.05) is 26.2 Å². The molecule has 0 atom stereocenters. The van der Waals surface area contributed by atoms with E-state index < -0.39 is 0 Å². The molecular formula is C17H19BrN2OS. The van der Waals surface area contributed by atoms with Gasteiger partial charge in [-0.25, -0.2) is 0 Å². The molecule has 0 N–H and O–H groups in total. The number of hydrogen-bond donors (Lipinski definition) is 0. The van der Waals surface area contributed by atoms with E-state index in [0.717, 1.165) is 43.9 Å². The van der Waals surface area contributed by atoms with Crippen molar-refractivity contribution >= 4 is 33.2 Å². The van der Waals surface area contributed by atoms with Crippen molar-refractivity contribution in [2.45, 2.75) is 13.5 Å². The smallest absolute Gasteiger partial charge is 0.253 e. The summed E-state index contributed by atoms with van der Waals surface area (Å²) in [5, 5.41) is 0. The first kappa shape index (κ1) is 15.7. The number of rotatable bonds is 3. The maximum Gasteiger partial charge on any atom is 0.253 e. The Kier molecular flexibility index (Phi) is 4.96. The molecule has 3 nitrogen and oxygen atoms in total. The summed E-state index contributed by atoms with van der Waals surface area (Å²) in [7, 11) is 0. The highest BCUT2D eigenvalue weighted by atomic mass is 79.9. The summed E-state index contributed by atoms with van der Waals surface area (Å²) in [6.45, 7) is 6.48. The van der Waals surface area contributed by atoms with Crippen LogP contribution in [0.1, 0.15) is 20.8 Å². The molecule has 1 aliphatic heterocycles. The summed E-state index contributed by atoms with van der Waals surface area (Å²) in [6.07, 6.45) is 0. The predicted molar refractivity (Wildman–Crippen MR) is 94.4 cm³/mol. The van der Waals surface area contributed by atoms with Crippen LogP contribution in [-0.4, -0.2) is 41.9 Å². The number of carbonyl (C=O) groups excluding carboxylic acids is 1. The highest BCUT2D eigenvalue weighted by molar-refractivity contribution is 9.11. The molecule has 1 fully saturated rings. The van der Waals surface area contributed by atoms with Gasteiger partial charge in [-0.1, -0.05) is 17.7 Å². The van der Waals surface area contributed by atoms with E-state index in [1.165, 1.54) is 8.66 Å². The fourth-order valence-electron chi connectivity index (χ4n) is 2.73. The normalized spacial score (nSPS) is 16.0. The molecular weight excluding hydrogens is 360 g/mol. The lowest BCUT2D eigenvalue weighted by molar-refractivity contribution is 0.0629. The van der Waals surface area contributed by atoms with Crippen molar-refractivity contribution < 1.29 is 4.79 Å². The van der Waals surface area contributed by atoms with Gasteiger partial charge in [0.05, 0.1) is 3.79 Å². The Balaban J connectivity index is 1.56. The van der Waals surface area contributed by atoms with E-state index in [4.69, 9.17) is 0 Å². The third-order valence-electron chi connectivity index (χ3n) is 3.93. The second-order valence-corrected chi connectivity index (χ2v) is 8.19. The van der Waals surface area contributed by atoms with Crippen LogP contribution in [0.15, 0.2) is 40.2 Å². The molecule has 2 heterocycles. The van der Waals surface area contributed by atoms with Crippen molar-refractivity contribution in [3.8, 4) is 0 Å². The number of hydrogen-bond acceptors (Lipinski definition) is 3. The second-order valence-electron chi connectivity index (χ2n) is 5.64. The Morgan fingerprint density at radius 1 is 1.18 bits per heavy atom. The first-order chi connectivity index (χ1) is 10.6. The topological polar surface area (TPSA) is 23.6 Å². The quantitative estimate of drug-likeness (QED) is 0.811. The van der Waals surface area contributed by atoms with Crippen LogP contribution in [0.4, 0.5) is 0 Å². The minimum atomic E-state index is 0.155. The summed E-state index contributed by atoms with van der Waals surface area (Å²) < 4.78 is 1.18. The number of aryl methyl sites for hydroxylation is 1. The van der Waals surface area contributed by atoms with Crippen molar-refractivity contribution in [3.05, 3.63) is 56.2 Å². The Morgan fingerprint density at radius 3 is 2.59 bits per heavy atom. The van der Waals surface area contributed by atoms with Crippen LogP contribution in [0.3, 0.4) is 0 Å². The minimum Gasteiger partial charge on any atom is -0.336 e. The lowest BCUT2D eigenvalue weighted by atomic mass is 10.1. The van der Waals surface area contributed by atoms with Gasteiger partial charge < -0.3 is 4.90 Å². The van der Waals surface area contributed by atoms with Gasteiger partial charge in [-0.05, 0) is 47.1 Å². The van der Waals surface area contributed by atoms with Crippen LogP contribution in [0.2, 0.25) is 0 Å². The summed E-state index contributed by atoms with van der Waals surface area (Å²) in [5.41, 5.74) is 1.93. The molecule has 0 spiro atoms. The van der Waals surface area contributed by atoms with E-state index in [1.807, 2.05) is 36.1 Å².